The van der Waals surface area contributed by atoms with Gasteiger partial charge in [0.25, 0.3) is 0 Å². The van der Waals surface area contributed by atoms with Crippen LogP contribution in [0.1, 0.15) is 24.4 Å². The molecule has 1 heterocycles. The molecule has 0 radical (unpaired) electrons. The largest absolute Gasteiger partial charge is 0.387 e. The summed E-state index contributed by atoms with van der Waals surface area (Å²) in [6.45, 7) is 3.02. The molecule has 0 saturated carbocycles. The molecule has 0 spiro atoms. The van der Waals surface area contributed by atoms with Gasteiger partial charge in [-0.05, 0) is 17.7 Å². The Bertz CT molecular complexity index is 629. The molecule has 0 aliphatic heterocycles. The number of aromatic nitrogens is 3. The Balaban J connectivity index is 1.69. The van der Waals surface area contributed by atoms with Crippen LogP contribution in [0.5, 0.6) is 0 Å². The van der Waals surface area contributed by atoms with E-state index in [0.29, 0.717) is 18.7 Å². The standard InChI is InChI=1S/C15H20FN5O2/c1-2-14-20-19-10-21(14)8-7-17-15(23)18-9-13(22)11-3-5-12(16)6-4-11/h3-6,10,13,22H,2,7-9H2,1H3,(H2,17,18,23). The van der Waals surface area contributed by atoms with Crippen molar-refractivity contribution in [3.05, 3.63) is 47.8 Å². The molecule has 0 saturated heterocycles. The Kier molecular flexibility index (Phi) is 6.04. The van der Waals surface area contributed by atoms with E-state index >= 15 is 0 Å². The molecule has 0 aliphatic carbocycles. The molecule has 7 nitrogen and oxygen atoms in total. The number of benzene rings is 1. The third-order valence-corrected chi connectivity index (χ3v) is 3.36. The number of aliphatic hydroxyl groups is 1. The number of aliphatic hydroxyl groups excluding tert-OH is 1. The number of halogens is 1. The zero-order valence-corrected chi connectivity index (χ0v) is 12.9. The molecule has 23 heavy (non-hydrogen) atoms. The lowest BCUT2D eigenvalue weighted by atomic mass is 10.1. The van der Waals surface area contributed by atoms with Crippen LogP contribution in [0.15, 0.2) is 30.6 Å². The van der Waals surface area contributed by atoms with E-state index in [1.807, 2.05) is 11.5 Å². The topological polar surface area (TPSA) is 92.1 Å². The number of hydrogen-bond acceptors (Lipinski definition) is 4. The van der Waals surface area contributed by atoms with Crippen molar-refractivity contribution in [2.75, 3.05) is 13.1 Å². The average Bonchev–Trinajstić information content (AvgIpc) is 3.01. The maximum Gasteiger partial charge on any atom is 0.314 e. The predicted molar refractivity (Wildman–Crippen MR) is 82.2 cm³/mol. The van der Waals surface area contributed by atoms with Gasteiger partial charge >= 0.3 is 6.03 Å². The molecular formula is C15H20FN5O2. The Morgan fingerprint density at radius 2 is 2.09 bits per heavy atom. The summed E-state index contributed by atoms with van der Waals surface area (Å²) >= 11 is 0. The molecule has 2 amide bonds. The number of nitrogens with zero attached hydrogens (tertiary/aromatic N) is 3. The fourth-order valence-corrected chi connectivity index (χ4v) is 2.08. The smallest absolute Gasteiger partial charge is 0.314 e. The van der Waals surface area contributed by atoms with Gasteiger partial charge in [0.1, 0.15) is 18.0 Å². The maximum absolute atomic E-state index is 12.8. The summed E-state index contributed by atoms with van der Waals surface area (Å²) in [5.41, 5.74) is 0.545. The predicted octanol–water partition coefficient (Wildman–Crippen LogP) is 1.01. The molecule has 8 heteroatoms. The van der Waals surface area contributed by atoms with Crippen LogP contribution in [-0.2, 0) is 13.0 Å². The number of carbonyl (C=O) groups is 1. The minimum atomic E-state index is -0.883. The van der Waals surface area contributed by atoms with Gasteiger partial charge in [0.15, 0.2) is 0 Å². The monoisotopic (exact) mass is 321 g/mol. The van der Waals surface area contributed by atoms with Crippen LogP contribution in [-0.4, -0.2) is 39.0 Å². The highest BCUT2D eigenvalue weighted by Gasteiger charge is 2.09. The molecule has 1 atom stereocenters. The number of nitrogens with one attached hydrogen (secondary N) is 2. The van der Waals surface area contributed by atoms with E-state index in [0.717, 1.165) is 12.2 Å². The summed E-state index contributed by atoms with van der Waals surface area (Å²) in [6.07, 6.45) is 1.51. The first kappa shape index (κ1) is 16.9. The third-order valence-electron chi connectivity index (χ3n) is 3.36. The van der Waals surface area contributed by atoms with Gasteiger partial charge in [0, 0.05) is 26.1 Å². The molecule has 2 aromatic rings. The summed E-state index contributed by atoms with van der Waals surface area (Å²) < 4.78 is 14.7. The van der Waals surface area contributed by atoms with Gasteiger partial charge in [0.2, 0.25) is 0 Å². The van der Waals surface area contributed by atoms with Crippen molar-refractivity contribution in [1.29, 1.82) is 0 Å². The molecule has 0 aliphatic rings. The molecule has 1 aromatic carbocycles. The van der Waals surface area contributed by atoms with E-state index < -0.39 is 6.10 Å². The highest BCUT2D eigenvalue weighted by molar-refractivity contribution is 5.73. The van der Waals surface area contributed by atoms with Gasteiger partial charge in [-0.15, -0.1) is 10.2 Å². The van der Waals surface area contributed by atoms with Crippen molar-refractivity contribution in [3.8, 4) is 0 Å². The highest BCUT2D eigenvalue weighted by Crippen LogP contribution is 2.12. The van der Waals surface area contributed by atoms with Crippen LogP contribution < -0.4 is 10.6 Å². The number of urea groups is 1. The van der Waals surface area contributed by atoms with Gasteiger partial charge in [-0.25, -0.2) is 9.18 Å². The van der Waals surface area contributed by atoms with Crippen LogP contribution in [0.25, 0.3) is 0 Å². The van der Waals surface area contributed by atoms with E-state index in [1.165, 1.54) is 24.3 Å². The summed E-state index contributed by atoms with van der Waals surface area (Å²) in [5, 5.41) is 23.0. The fraction of sp³-hybridized carbons (Fsp3) is 0.400. The van der Waals surface area contributed by atoms with Gasteiger partial charge in [-0.1, -0.05) is 19.1 Å². The third kappa shape index (κ3) is 5.03. The summed E-state index contributed by atoms with van der Waals surface area (Å²) in [7, 11) is 0. The van der Waals surface area contributed by atoms with E-state index in [2.05, 4.69) is 20.8 Å². The van der Waals surface area contributed by atoms with Crippen LogP contribution in [0, 0.1) is 5.82 Å². The number of hydrogen-bond donors (Lipinski definition) is 3. The van der Waals surface area contributed by atoms with E-state index in [-0.39, 0.29) is 18.4 Å². The van der Waals surface area contributed by atoms with E-state index in [9.17, 15) is 14.3 Å². The molecule has 0 fully saturated rings. The van der Waals surface area contributed by atoms with Gasteiger partial charge < -0.3 is 20.3 Å². The number of amides is 2. The van der Waals surface area contributed by atoms with Crippen molar-refractivity contribution in [1.82, 2.24) is 25.4 Å². The number of carbonyl (C=O) groups excluding carboxylic acids is 1. The molecule has 3 N–H and O–H groups in total. The second kappa shape index (κ2) is 8.23. The van der Waals surface area contributed by atoms with Crippen LogP contribution >= 0.6 is 0 Å². The first-order valence-corrected chi connectivity index (χ1v) is 7.42. The zero-order chi connectivity index (χ0) is 16.7. The summed E-state index contributed by atoms with van der Waals surface area (Å²) in [6, 6.07) is 5.12. The van der Waals surface area contributed by atoms with Crippen LogP contribution in [0.3, 0.4) is 0 Å². The average molecular weight is 321 g/mol. The lowest BCUT2D eigenvalue weighted by Gasteiger charge is -2.13. The van der Waals surface area contributed by atoms with Crippen molar-refractivity contribution in [2.45, 2.75) is 26.0 Å². The molecule has 0 bridgehead atoms. The first-order chi connectivity index (χ1) is 11.1. The molecule has 1 aromatic heterocycles. The Morgan fingerprint density at radius 3 is 2.78 bits per heavy atom. The number of rotatable bonds is 7. The number of aryl methyl sites for hydroxylation is 1. The SMILES string of the molecule is CCc1nncn1CCNC(=O)NCC(O)c1ccc(F)cc1. The Morgan fingerprint density at radius 1 is 1.35 bits per heavy atom. The van der Waals surface area contributed by atoms with E-state index in [1.54, 1.807) is 6.33 Å². The Labute approximate surface area is 133 Å². The summed E-state index contributed by atoms with van der Waals surface area (Å²) in [5.74, 6) is 0.492. The minimum Gasteiger partial charge on any atom is -0.387 e. The lowest BCUT2D eigenvalue weighted by molar-refractivity contribution is 0.173. The van der Waals surface area contributed by atoms with Gasteiger partial charge in [-0.2, -0.15) is 0 Å². The van der Waals surface area contributed by atoms with Crippen LogP contribution in [0.2, 0.25) is 0 Å². The van der Waals surface area contributed by atoms with Crippen molar-refractivity contribution >= 4 is 6.03 Å². The first-order valence-electron chi connectivity index (χ1n) is 7.42. The normalized spacial score (nSPS) is 12.0. The Hall–Kier alpha value is -2.48. The maximum atomic E-state index is 12.8. The fourth-order valence-electron chi connectivity index (χ4n) is 2.08. The van der Waals surface area contributed by atoms with Crippen molar-refractivity contribution in [3.63, 3.8) is 0 Å². The molecule has 2 rings (SSSR count). The van der Waals surface area contributed by atoms with Crippen LogP contribution in [0.4, 0.5) is 9.18 Å². The van der Waals surface area contributed by atoms with Crippen molar-refractivity contribution in [2.24, 2.45) is 0 Å². The summed E-state index contributed by atoms with van der Waals surface area (Å²) in [4.78, 5) is 11.7. The highest BCUT2D eigenvalue weighted by atomic mass is 19.1. The van der Waals surface area contributed by atoms with E-state index in [4.69, 9.17) is 0 Å². The zero-order valence-electron chi connectivity index (χ0n) is 12.9. The van der Waals surface area contributed by atoms with Crippen molar-refractivity contribution < 1.29 is 14.3 Å². The minimum absolute atomic E-state index is 0.0459. The molecule has 124 valence electrons. The molecular weight excluding hydrogens is 301 g/mol. The second-order valence-electron chi connectivity index (χ2n) is 5.00. The second-order valence-corrected chi connectivity index (χ2v) is 5.00. The molecule has 1 unspecified atom stereocenters. The quantitative estimate of drug-likeness (QED) is 0.710. The lowest BCUT2D eigenvalue weighted by Crippen LogP contribution is -2.39. The van der Waals surface area contributed by atoms with Gasteiger partial charge in [-0.3, -0.25) is 0 Å². The van der Waals surface area contributed by atoms with Gasteiger partial charge in [0.05, 0.1) is 6.10 Å².